The first-order valence-electron chi connectivity index (χ1n) is 9.67. The molecule has 0 spiro atoms. The molecule has 1 fully saturated rings. The van der Waals surface area contributed by atoms with E-state index in [-0.39, 0.29) is 22.5 Å². The Labute approximate surface area is 183 Å². The maximum Gasteiger partial charge on any atom is 0.264 e. The number of aryl methyl sites for hydroxylation is 1. The summed E-state index contributed by atoms with van der Waals surface area (Å²) in [6.07, 6.45) is 1.90. The van der Waals surface area contributed by atoms with Crippen LogP contribution in [0.4, 0.5) is 9.39 Å². The van der Waals surface area contributed by atoms with Crippen LogP contribution in [0.2, 0.25) is 5.02 Å². The summed E-state index contributed by atoms with van der Waals surface area (Å²) >= 11 is 7.22. The molecule has 154 valence electrons. The Morgan fingerprint density at radius 1 is 1.17 bits per heavy atom. The minimum atomic E-state index is -0.505. The van der Waals surface area contributed by atoms with E-state index < -0.39 is 11.7 Å². The number of hydrogen-bond donors (Lipinski definition) is 1. The first-order chi connectivity index (χ1) is 14.4. The van der Waals surface area contributed by atoms with Gasteiger partial charge in [-0.2, -0.15) is 0 Å². The SMILES string of the molecule is Cc1cc(NC(=O)c2ccc(F)cc2Cl)sc1C(=O)N1CCCC1c1ccccc1. The molecule has 1 atom stereocenters. The standard InChI is InChI=1S/C23H20ClFN2O2S/c1-14-12-20(26-22(28)17-10-9-16(25)13-18(17)24)30-21(14)23(29)27-11-5-8-19(27)15-6-3-2-4-7-15/h2-4,6-7,9-10,12-13,19H,5,8,11H2,1H3,(H,26,28). The zero-order chi connectivity index (χ0) is 21.3. The van der Waals surface area contributed by atoms with Gasteiger partial charge in [-0.15, -0.1) is 11.3 Å². The van der Waals surface area contributed by atoms with E-state index >= 15 is 0 Å². The van der Waals surface area contributed by atoms with Crippen LogP contribution in [0.25, 0.3) is 0 Å². The number of hydrogen-bond acceptors (Lipinski definition) is 3. The van der Waals surface area contributed by atoms with Crippen LogP contribution in [0.3, 0.4) is 0 Å². The second kappa shape index (κ2) is 8.58. The van der Waals surface area contributed by atoms with Gasteiger partial charge in [0.1, 0.15) is 5.82 Å². The molecule has 2 heterocycles. The van der Waals surface area contributed by atoms with Crippen molar-refractivity contribution in [2.45, 2.75) is 25.8 Å². The highest BCUT2D eigenvalue weighted by molar-refractivity contribution is 7.18. The predicted octanol–water partition coefficient (Wildman–Crippen LogP) is 6.08. The molecule has 1 saturated heterocycles. The number of likely N-dealkylation sites (tertiary alicyclic amines) is 1. The van der Waals surface area contributed by atoms with Crippen molar-refractivity contribution in [2.75, 3.05) is 11.9 Å². The highest BCUT2D eigenvalue weighted by Gasteiger charge is 2.32. The molecule has 30 heavy (non-hydrogen) atoms. The van der Waals surface area contributed by atoms with Gasteiger partial charge >= 0.3 is 0 Å². The van der Waals surface area contributed by atoms with E-state index in [0.717, 1.165) is 30.0 Å². The molecule has 1 aromatic heterocycles. The Morgan fingerprint density at radius 3 is 2.67 bits per heavy atom. The molecule has 1 aliphatic heterocycles. The first kappa shape index (κ1) is 20.6. The van der Waals surface area contributed by atoms with Gasteiger partial charge in [0.15, 0.2) is 0 Å². The zero-order valence-corrected chi connectivity index (χ0v) is 17.9. The lowest BCUT2D eigenvalue weighted by molar-refractivity contribution is 0.0739. The lowest BCUT2D eigenvalue weighted by Gasteiger charge is -2.25. The third-order valence-electron chi connectivity index (χ3n) is 5.22. The van der Waals surface area contributed by atoms with Gasteiger partial charge < -0.3 is 10.2 Å². The van der Waals surface area contributed by atoms with Crippen LogP contribution in [0, 0.1) is 12.7 Å². The minimum Gasteiger partial charge on any atom is -0.331 e. The van der Waals surface area contributed by atoms with E-state index in [1.54, 1.807) is 6.07 Å². The molecule has 7 heteroatoms. The van der Waals surface area contributed by atoms with Crippen molar-refractivity contribution < 1.29 is 14.0 Å². The van der Waals surface area contributed by atoms with Crippen molar-refractivity contribution in [3.05, 3.63) is 87.0 Å². The number of rotatable bonds is 4. The number of nitrogens with one attached hydrogen (secondary N) is 1. The average Bonchev–Trinajstić information content (AvgIpc) is 3.35. The molecule has 4 rings (SSSR count). The van der Waals surface area contributed by atoms with Crippen molar-refractivity contribution in [2.24, 2.45) is 0 Å². The Balaban J connectivity index is 1.53. The molecule has 2 aromatic carbocycles. The van der Waals surface area contributed by atoms with Crippen molar-refractivity contribution in [3.8, 4) is 0 Å². The molecule has 4 nitrogen and oxygen atoms in total. The first-order valence-corrected chi connectivity index (χ1v) is 10.9. The van der Waals surface area contributed by atoms with Crippen molar-refractivity contribution in [1.29, 1.82) is 0 Å². The number of carbonyl (C=O) groups is 2. The number of nitrogens with zero attached hydrogens (tertiary/aromatic N) is 1. The van der Waals surface area contributed by atoms with Crippen LogP contribution in [-0.4, -0.2) is 23.3 Å². The van der Waals surface area contributed by atoms with Gasteiger partial charge in [0.2, 0.25) is 0 Å². The molecular weight excluding hydrogens is 423 g/mol. The van der Waals surface area contributed by atoms with E-state index in [1.807, 2.05) is 30.0 Å². The van der Waals surface area contributed by atoms with Gasteiger partial charge in [-0.3, -0.25) is 9.59 Å². The summed E-state index contributed by atoms with van der Waals surface area (Å²) in [6, 6.07) is 15.5. The van der Waals surface area contributed by atoms with Crippen LogP contribution >= 0.6 is 22.9 Å². The van der Waals surface area contributed by atoms with Crippen LogP contribution in [0.1, 0.15) is 50.0 Å². The van der Waals surface area contributed by atoms with Crippen LogP contribution in [0.15, 0.2) is 54.6 Å². The molecular formula is C23H20ClFN2O2S. The van der Waals surface area contributed by atoms with E-state index in [9.17, 15) is 14.0 Å². The second-order valence-electron chi connectivity index (χ2n) is 7.27. The van der Waals surface area contributed by atoms with Crippen molar-refractivity contribution >= 4 is 39.8 Å². The van der Waals surface area contributed by atoms with Gasteiger partial charge in [0.05, 0.1) is 26.5 Å². The summed E-state index contributed by atoms with van der Waals surface area (Å²) in [4.78, 5) is 28.3. The Hall–Kier alpha value is -2.70. The fourth-order valence-electron chi connectivity index (χ4n) is 3.77. The number of carbonyl (C=O) groups excluding carboxylic acids is 2. The second-order valence-corrected chi connectivity index (χ2v) is 8.73. The molecule has 1 aliphatic rings. The van der Waals surface area contributed by atoms with Gasteiger partial charge in [0, 0.05) is 6.54 Å². The number of amides is 2. The zero-order valence-electron chi connectivity index (χ0n) is 16.3. The van der Waals surface area contributed by atoms with Gasteiger partial charge in [-0.1, -0.05) is 41.9 Å². The van der Waals surface area contributed by atoms with Gasteiger partial charge in [-0.25, -0.2) is 4.39 Å². The average molecular weight is 443 g/mol. The van der Waals surface area contributed by atoms with Crippen molar-refractivity contribution in [3.63, 3.8) is 0 Å². The Bertz CT molecular complexity index is 1100. The largest absolute Gasteiger partial charge is 0.331 e. The summed E-state index contributed by atoms with van der Waals surface area (Å²) in [5.74, 6) is -0.970. The van der Waals surface area contributed by atoms with E-state index in [2.05, 4.69) is 17.4 Å². The summed E-state index contributed by atoms with van der Waals surface area (Å²) in [5.41, 5.74) is 2.13. The predicted molar refractivity (Wildman–Crippen MR) is 118 cm³/mol. The lowest BCUT2D eigenvalue weighted by atomic mass is 10.0. The van der Waals surface area contributed by atoms with E-state index in [1.165, 1.54) is 23.5 Å². The highest BCUT2D eigenvalue weighted by atomic mass is 35.5. The molecule has 0 saturated carbocycles. The molecule has 1 N–H and O–H groups in total. The third-order valence-corrected chi connectivity index (χ3v) is 6.68. The fourth-order valence-corrected chi connectivity index (χ4v) is 5.05. The molecule has 3 aromatic rings. The minimum absolute atomic E-state index is 0.0239. The number of thiophene rings is 1. The number of anilines is 1. The molecule has 0 bridgehead atoms. The lowest BCUT2D eigenvalue weighted by Crippen LogP contribution is -2.30. The quantitative estimate of drug-likeness (QED) is 0.532. The molecule has 0 radical (unpaired) electrons. The Morgan fingerprint density at radius 2 is 1.93 bits per heavy atom. The summed E-state index contributed by atoms with van der Waals surface area (Å²) in [6.45, 7) is 2.57. The summed E-state index contributed by atoms with van der Waals surface area (Å²) < 4.78 is 13.2. The van der Waals surface area contributed by atoms with Crippen molar-refractivity contribution in [1.82, 2.24) is 4.90 Å². The van der Waals surface area contributed by atoms with E-state index in [0.29, 0.717) is 16.4 Å². The Kier molecular flexibility index (Phi) is 5.88. The maximum atomic E-state index is 13.3. The number of benzene rings is 2. The normalized spacial score (nSPS) is 16.0. The van der Waals surface area contributed by atoms with Crippen LogP contribution in [-0.2, 0) is 0 Å². The summed E-state index contributed by atoms with van der Waals surface area (Å²) in [5, 5.41) is 3.36. The smallest absolute Gasteiger partial charge is 0.264 e. The van der Waals surface area contributed by atoms with Gasteiger partial charge in [-0.05, 0) is 55.2 Å². The van der Waals surface area contributed by atoms with Crippen LogP contribution < -0.4 is 5.32 Å². The fraction of sp³-hybridized carbons (Fsp3) is 0.217. The molecule has 1 unspecified atom stereocenters. The monoisotopic (exact) mass is 442 g/mol. The number of halogens is 2. The topological polar surface area (TPSA) is 49.4 Å². The third kappa shape index (κ3) is 4.11. The van der Waals surface area contributed by atoms with E-state index in [4.69, 9.17) is 11.6 Å². The molecule has 0 aliphatic carbocycles. The molecule has 2 amide bonds. The van der Waals surface area contributed by atoms with Gasteiger partial charge in [0.25, 0.3) is 11.8 Å². The maximum absolute atomic E-state index is 13.3. The van der Waals surface area contributed by atoms with Crippen LogP contribution in [0.5, 0.6) is 0 Å². The summed E-state index contributed by atoms with van der Waals surface area (Å²) in [7, 11) is 0. The highest BCUT2D eigenvalue weighted by Crippen LogP contribution is 2.36.